The Morgan fingerprint density at radius 3 is 2.63 bits per heavy atom. The molecule has 0 bridgehead atoms. The Kier molecular flexibility index (Phi) is 5.38. The molecule has 3 aromatic rings. The van der Waals surface area contributed by atoms with Crippen molar-refractivity contribution in [2.75, 3.05) is 0 Å². The zero-order valence-electron chi connectivity index (χ0n) is 20.8. The zero-order valence-corrected chi connectivity index (χ0v) is 20.8. The molecule has 2 aromatic heterocycles. The highest BCUT2D eigenvalue weighted by molar-refractivity contribution is 6.04. The molecule has 196 valence electrons. The van der Waals surface area contributed by atoms with Gasteiger partial charge in [0.1, 0.15) is 11.7 Å². The van der Waals surface area contributed by atoms with E-state index in [1.165, 1.54) is 30.9 Å². The van der Waals surface area contributed by atoms with E-state index in [1.54, 1.807) is 31.2 Å². The average molecular weight is 519 g/mol. The van der Waals surface area contributed by atoms with Crippen LogP contribution >= 0.6 is 0 Å². The minimum absolute atomic E-state index is 0.196. The Morgan fingerprint density at radius 2 is 1.89 bits per heavy atom. The summed E-state index contributed by atoms with van der Waals surface area (Å²) in [4.78, 5) is 52.9. The van der Waals surface area contributed by atoms with Crippen LogP contribution in [0.2, 0.25) is 0 Å². The Hall–Kier alpha value is -4.14. The summed E-state index contributed by atoms with van der Waals surface area (Å²) in [6.07, 6.45) is 6.13. The highest BCUT2D eigenvalue weighted by atomic mass is 16.5. The number of carbonyl (C=O) groups excluding carboxylic acids is 3. The van der Waals surface area contributed by atoms with Crippen molar-refractivity contribution in [3.05, 3.63) is 72.1 Å². The minimum atomic E-state index is -1.12. The standard InChI is InChI=1S/C29H26O9/c1-28-8-5-18-27(34)38-22(17-6-9-35-14-17)13-29(18,2)24(28)23(30)21(12-19(28)25(31)32)37-26(33)16-3-4-20-15(11-16)7-10-36-20/h3-4,6-7,9-12,14,18-19,22,24H,5,8,13H2,1-2H3,(H,31,32)/t18-,19-,22-,24-,28-,29-/m0/s1. The first-order valence-corrected chi connectivity index (χ1v) is 12.5. The molecule has 3 heterocycles. The fraction of sp³-hybridized carbons (Fsp3) is 0.379. The lowest BCUT2D eigenvalue weighted by Crippen LogP contribution is -2.61. The summed E-state index contributed by atoms with van der Waals surface area (Å²) >= 11 is 0. The fourth-order valence-corrected chi connectivity index (χ4v) is 7.03. The van der Waals surface area contributed by atoms with Crippen LogP contribution in [0.15, 0.2) is 69.8 Å². The second kappa shape index (κ2) is 8.44. The summed E-state index contributed by atoms with van der Waals surface area (Å²) in [5.74, 6) is -5.68. The van der Waals surface area contributed by atoms with Crippen LogP contribution in [0.3, 0.4) is 0 Å². The SMILES string of the molecule is C[C@@]12CC[C@H]3C(=O)O[C@H](c4ccoc4)C[C@]3(C)[C@H]1C(=O)C(OC(=O)c1ccc3occc3c1)=C[C@H]2C(=O)O. The number of carboxylic acid groups (broad SMARTS) is 1. The van der Waals surface area contributed by atoms with Crippen molar-refractivity contribution in [2.45, 2.75) is 39.2 Å². The Morgan fingerprint density at radius 1 is 1.08 bits per heavy atom. The van der Waals surface area contributed by atoms with Crippen LogP contribution in [0.25, 0.3) is 11.0 Å². The lowest BCUT2D eigenvalue weighted by atomic mass is 9.44. The van der Waals surface area contributed by atoms with Gasteiger partial charge in [0.2, 0.25) is 5.78 Å². The predicted molar refractivity (Wildman–Crippen MR) is 130 cm³/mol. The monoisotopic (exact) mass is 518 g/mol. The van der Waals surface area contributed by atoms with E-state index in [4.69, 9.17) is 18.3 Å². The van der Waals surface area contributed by atoms with Crippen molar-refractivity contribution < 1.29 is 42.6 Å². The molecule has 1 aliphatic heterocycles. The molecule has 3 aliphatic rings. The number of cyclic esters (lactones) is 1. The molecule has 2 aliphatic carbocycles. The molecular weight excluding hydrogens is 492 g/mol. The number of ketones is 1. The van der Waals surface area contributed by atoms with E-state index in [9.17, 15) is 24.3 Å². The topological polar surface area (TPSA) is 133 Å². The average Bonchev–Trinajstić information content (AvgIpc) is 3.56. The number of hydrogen-bond acceptors (Lipinski definition) is 8. The molecule has 2 fully saturated rings. The number of hydrogen-bond donors (Lipinski definition) is 1. The number of ether oxygens (including phenoxy) is 2. The predicted octanol–water partition coefficient (Wildman–Crippen LogP) is 5.08. The number of aliphatic carboxylic acids is 1. The van der Waals surface area contributed by atoms with Crippen molar-refractivity contribution in [3.8, 4) is 0 Å². The number of carbonyl (C=O) groups is 4. The van der Waals surface area contributed by atoms with Crippen LogP contribution in [0.5, 0.6) is 0 Å². The first kappa shape index (κ1) is 24.2. The van der Waals surface area contributed by atoms with Gasteiger partial charge in [0, 0.05) is 16.9 Å². The number of Topliss-reactive ketones (excluding diaryl/α,β-unsaturated/α-hetero) is 1. The van der Waals surface area contributed by atoms with Crippen LogP contribution in [-0.4, -0.2) is 28.8 Å². The third kappa shape index (κ3) is 3.52. The number of fused-ring (bicyclic) bond motifs is 4. The number of esters is 2. The second-order valence-electron chi connectivity index (χ2n) is 11.0. The molecule has 38 heavy (non-hydrogen) atoms. The molecule has 9 heteroatoms. The summed E-state index contributed by atoms with van der Waals surface area (Å²) < 4.78 is 21.8. The van der Waals surface area contributed by atoms with Gasteiger partial charge >= 0.3 is 17.9 Å². The van der Waals surface area contributed by atoms with Crippen molar-refractivity contribution in [3.63, 3.8) is 0 Å². The quantitative estimate of drug-likeness (QED) is 0.470. The third-order valence-electron chi connectivity index (χ3n) is 8.86. The van der Waals surface area contributed by atoms with Crippen LogP contribution in [0.1, 0.15) is 55.1 Å². The zero-order chi connectivity index (χ0) is 26.8. The normalized spacial score (nSPS) is 32.6. The van der Waals surface area contributed by atoms with E-state index in [0.29, 0.717) is 35.8 Å². The first-order chi connectivity index (χ1) is 18.1. The fourth-order valence-electron chi connectivity index (χ4n) is 7.03. The van der Waals surface area contributed by atoms with E-state index < -0.39 is 58.4 Å². The Labute approximate surface area is 217 Å². The summed E-state index contributed by atoms with van der Waals surface area (Å²) in [6.45, 7) is 3.63. The summed E-state index contributed by atoms with van der Waals surface area (Å²) in [6, 6.07) is 8.13. The van der Waals surface area contributed by atoms with E-state index >= 15 is 0 Å². The molecule has 1 saturated carbocycles. The lowest BCUT2D eigenvalue weighted by Gasteiger charge is -2.59. The molecule has 0 unspecified atom stereocenters. The van der Waals surface area contributed by atoms with Crippen molar-refractivity contribution in [2.24, 2.45) is 28.6 Å². The van der Waals surface area contributed by atoms with Crippen LogP contribution in [-0.2, 0) is 23.9 Å². The molecule has 9 nitrogen and oxygen atoms in total. The highest BCUT2D eigenvalue weighted by Crippen LogP contribution is 2.64. The summed E-state index contributed by atoms with van der Waals surface area (Å²) in [5, 5.41) is 10.9. The van der Waals surface area contributed by atoms with Crippen molar-refractivity contribution in [1.29, 1.82) is 0 Å². The lowest BCUT2D eigenvalue weighted by molar-refractivity contribution is -0.197. The molecule has 6 rings (SSSR count). The molecular formula is C29H26O9. The number of furan rings is 2. The second-order valence-corrected chi connectivity index (χ2v) is 11.0. The molecule has 1 saturated heterocycles. The van der Waals surface area contributed by atoms with Gasteiger partial charge in [0.15, 0.2) is 5.76 Å². The Balaban J connectivity index is 1.39. The number of allylic oxidation sites excluding steroid dienone is 1. The Bertz CT molecular complexity index is 1500. The van der Waals surface area contributed by atoms with Gasteiger partial charge in [-0.15, -0.1) is 0 Å². The van der Waals surface area contributed by atoms with Crippen LogP contribution in [0, 0.1) is 28.6 Å². The minimum Gasteiger partial charge on any atom is -0.481 e. The number of carboxylic acids is 1. The summed E-state index contributed by atoms with van der Waals surface area (Å²) in [7, 11) is 0. The smallest absolute Gasteiger partial charge is 0.343 e. The van der Waals surface area contributed by atoms with E-state index in [0.717, 1.165) is 0 Å². The van der Waals surface area contributed by atoms with Crippen LogP contribution in [0.4, 0.5) is 0 Å². The van der Waals surface area contributed by atoms with Gasteiger partial charge < -0.3 is 23.4 Å². The van der Waals surface area contributed by atoms with Gasteiger partial charge in [-0.25, -0.2) is 4.79 Å². The van der Waals surface area contributed by atoms with Gasteiger partial charge in [0.05, 0.1) is 36.2 Å². The molecule has 0 radical (unpaired) electrons. The van der Waals surface area contributed by atoms with Crippen molar-refractivity contribution >= 4 is 34.7 Å². The van der Waals surface area contributed by atoms with E-state index in [2.05, 4.69) is 0 Å². The molecule has 6 atom stereocenters. The molecule has 0 spiro atoms. The maximum atomic E-state index is 14.1. The number of rotatable bonds is 4. The molecule has 1 N–H and O–H groups in total. The van der Waals surface area contributed by atoms with E-state index in [1.807, 2.05) is 6.92 Å². The summed E-state index contributed by atoms with van der Waals surface area (Å²) in [5.41, 5.74) is -0.467. The molecule has 1 aromatic carbocycles. The van der Waals surface area contributed by atoms with E-state index in [-0.39, 0.29) is 11.3 Å². The van der Waals surface area contributed by atoms with Crippen molar-refractivity contribution in [1.82, 2.24) is 0 Å². The van der Waals surface area contributed by atoms with Crippen LogP contribution < -0.4 is 0 Å². The maximum Gasteiger partial charge on any atom is 0.343 e. The first-order valence-electron chi connectivity index (χ1n) is 12.5. The van der Waals surface area contributed by atoms with Gasteiger partial charge in [-0.1, -0.05) is 13.8 Å². The van der Waals surface area contributed by atoms with Gasteiger partial charge in [-0.2, -0.15) is 0 Å². The highest BCUT2D eigenvalue weighted by Gasteiger charge is 2.66. The van der Waals surface area contributed by atoms with Gasteiger partial charge in [-0.05, 0) is 66.5 Å². The van der Waals surface area contributed by atoms with Gasteiger partial charge in [-0.3, -0.25) is 14.4 Å². The largest absolute Gasteiger partial charge is 0.481 e. The maximum absolute atomic E-state index is 14.1. The van der Waals surface area contributed by atoms with Gasteiger partial charge in [0.25, 0.3) is 0 Å². The molecule has 0 amide bonds. The number of benzene rings is 1. The third-order valence-corrected chi connectivity index (χ3v) is 8.86.